The van der Waals surface area contributed by atoms with E-state index in [0.717, 1.165) is 9.13 Å². The molecule has 1 aromatic carbocycles. The minimum Gasteiger partial charge on any atom is -0.443 e. The molecule has 0 unspecified atom stereocenters. The molecule has 0 aliphatic rings. The molecule has 1 amide bonds. The summed E-state index contributed by atoms with van der Waals surface area (Å²) < 4.78 is 8.44. The van der Waals surface area contributed by atoms with E-state index in [0.29, 0.717) is 17.3 Å². The third-order valence-electron chi connectivity index (χ3n) is 3.68. The Morgan fingerprint density at radius 1 is 1.29 bits per heavy atom. The quantitative estimate of drug-likeness (QED) is 0.625. The summed E-state index contributed by atoms with van der Waals surface area (Å²) in [5, 5.41) is 12.4. The van der Waals surface area contributed by atoms with Gasteiger partial charge in [-0.1, -0.05) is 0 Å². The number of hydrogen-bond acceptors (Lipinski definition) is 3. The molecular weight excluding hydrogens is 417 g/mol. The van der Waals surface area contributed by atoms with Crippen molar-refractivity contribution >= 4 is 34.2 Å². The Labute approximate surface area is 153 Å². The lowest BCUT2D eigenvalue weighted by Gasteiger charge is -2.08. The van der Waals surface area contributed by atoms with Gasteiger partial charge in [0.1, 0.15) is 23.0 Å². The number of furan rings is 1. The Hall–Kier alpha value is -2.53. The molecule has 6 heteroatoms. The number of nitrogens with zero attached hydrogens (tertiary/aromatic N) is 2. The molecule has 0 bridgehead atoms. The van der Waals surface area contributed by atoms with Crippen molar-refractivity contribution in [2.24, 2.45) is 0 Å². The van der Waals surface area contributed by atoms with Crippen molar-refractivity contribution in [3.05, 3.63) is 68.7 Å². The van der Waals surface area contributed by atoms with E-state index in [9.17, 15) is 10.1 Å². The molecule has 0 saturated carbocycles. The number of anilines is 1. The van der Waals surface area contributed by atoms with Crippen LogP contribution in [0.3, 0.4) is 0 Å². The van der Waals surface area contributed by atoms with Crippen LogP contribution in [0.2, 0.25) is 0 Å². The summed E-state index contributed by atoms with van der Waals surface area (Å²) in [4.78, 5) is 12.7. The zero-order valence-corrected chi connectivity index (χ0v) is 15.3. The molecule has 0 aliphatic heterocycles. The van der Waals surface area contributed by atoms with Gasteiger partial charge >= 0.3 is 0 Å². The summed E-state index contributed by atoms with van der Waals surface area (Å²) in [5.41, 5.74) is 2.16. The van der Waals surface area contributed by atoms with Crippen molar-refractivity contribution < 1.29 is 9.21 Å². The average Bonchev–Trinajstić information content (AvgIpc) is 3.16. The van der Waals surface area contributed by atoms with Crippen LogP contribution < -0.4 is 5.32 Å². The Morgan fingerprint density at radius 2 is 2.00 bits per heavy atom. The third-order valence-corrected chi connectivity index (χ3v) is 4.35. The Balaban J connectivity index is 2.00. The molecule has 2 heterocycles. The normalized spacial score (nSPS) is 10.4. The summed E-state index contributed by atoms with van der Waals surface area (Å²) in [7, 11) is 0. The van der Waals surface area contributed by atoms with Gasteiger partial charge in [0, 0.05) is 21.7 Å². The Kier molecular flexibility index (Phi) is 4.44. The highest BCUT2D eigenvalue weighted by atomic mass is 127. The number of halogens is 1. The third kappa shape index (κ3) is 2.95. The van der Waals surface area contributed by atoms with Crippen LogP contribution >= 0.6 is 22.6 Å². The summed E-state index contributed by atoms with van der Waals surface area (Å²) >= 11 is 2.22. The van der Waals surface area contributed by atoms with E-state index in [1.165, 1.54) is 0 Å². The number of hydrogen-bond donors (Lipinski definition) is 1. The minimum atomic E-state index is -0.351. The summed E-state index contributed by atoms with van der Waals surface area (Å²) in [5.74, 6) is 0.413. The van der Waals surface area contributed by atoms with Crippen molar-refractivity contribution in [1.29, 1.82) is 5.26 Å². The molecule has 0 fully saturated rings. The first-order valence-corrected chi connectivity index (χ1v) is 8.33. The van der Waals surface area contributed by atoms with E-state index in [2.05, 4.69) is 34.0 Å². The maximum Gasteiger partial charge on any atom is 0.260 e. The maximum atomic E-state index is 12.7. The lowest BCUT2D eigenvalue weighted by molar-refractivity contribution is 0.102. The second-order valence-corrected chi connectivity index (χ2v) is 6.57. The number of aryl methyl sites for hydroxylation is 2. The smallest absolute Gasteiger partial charge is 0.260 e. The van der Waals surface area contributed by atoms with Gasteiger partial charge in [-0.2, -0.15) is 5.26 Å². The summed E-state index contributed by atoms with van der Waals surface area (Å²) in [6, 6.07) is 11.5. The highest BCUT2D eigenvalue weighted by Crippen LogP contribution is 2.27. The van der Waals surface area contributed by atoms with Crippen molar-refractivity contribution in [2.45, 2.75) is 13.8 Å². The fraction of sp³-hybridized carbons (Fsp3) is 0.111. The molecule has 0 saturated heterocycles. The predicted molar refractivity (Wildman–Crippen MR) is 99.3 cm³/mol. The van der Waals surface area contributed by atoms with E-state index >= 15 is 0 Å². The van der Waals surface area contributed by atoms with E-state index in [1.54, 1.807) is 23.9 Å². The molecule has 2 aromatic heterocycles. The average molecular weight is 431 g/mol. The minimum absolute atomic E-state index is 0.226. The molecule has 1 N–H and O–H groups in total. The Morgan fingerprint density at radius 3 is 2.62 bits per heavy atom. The number of amides is 1. The molecular formula is C18H14IN3O2. The maximum absolute atomic E-state index is 12.7. The van der Waals surface area contributed by atoms with Crippen molar-refractivity contribution in [1.82, 2.24) is 4.57 Å². The topological polar surface area (TPSA) is 71.0 Å². The molecule has 3 aromatic rings. The zero-order valence-electron chi connectivity index (χ0n) is 13.1. The number of aromatic nitrogens is 1. The van der Waals surface area contributed by atoms with Gasteiger partial charge in [-0.25, -0.2) is 0 Å². The first-order valence-electron chi connectivity index (χ1n) is 7.25. The van der Waals surface area contributed by atoms with Crippen LogP contribution in [0.4, 0.5) is 5.69 Å². The van der Waals surface area contributed by atoms with Gasteiger partial charge in [-0.05, 0) is 72.3 Å². The van der Waals surface area contributed by atoms with Gasteiger partial charge in [0.15, 0.2) is 0 Å². The van der Waals surface area contributed by atoms with Gasteiger partial charge in [0.25, 0.3) is 5.91 Å². The molecule has 0 spiro atoms. The molecule has 0 radical (unpaired) electrons. The molecule has 24 heavy (non-hydrogen) atoms. The van der Waals surface area contributed by atoms with Crippen LogP contribution in [0.1, 0.15) is 27.2 Å². The van der Waals surface area contributed by atoms with Gasteiger partial charge in [-0.3, -0.25) is 9.36 Å². The fourth-order valence-corrected chi connectivity index (χ4v) is 3.16. The molecule has 120 valence electrons. The number of benzene rings is 1. The van der Waals surface area contributed by atoms with Crippen LogP contribution in [0.25, 0.3) is 5.88 Å². The number of carbonyl (C=O) groups excluding carboxylic acids is 1. The van der Waals surface area contributed by atoms with Crippen molar-refractivity contribution in [3.8, 4) is 12.0 Å². The largest absolute Gasteiger partial charge is 0.443 e. The highest BCUT2D eigenvalue weighted by Gasteiger charge is 2.24. The lowest BCUT2D eigenvalue weighted by atomic mass is 10.1. The first-order chi connectivity index (χ1) is 11.5. The Bertz CT molecular complexity index is 950. The van der Waals surface area contributed by atoms with E-state index in [1.807, 2.05) is 37.3 Å². The summed E-state index contributed by atoms with van der Waals surface area (Å²) in [6.07, 6.45) is 3.54. The SMILES string of the molecule is Cc1cc(I)ccc1NC(=O)c1c(C)oc(-n2cccc2)c1C#N. The first kappa shape index (κ1) is 16.3. The lowest BCUT2D eigenvalue weighted by Crippen LogP contribution is -2.14. The van der Waals surface area contributed by atoms with Crippen LogP contribution in [0.5, 0.6) is 0 Å². The predicted octanol–water partition coefficient (Wildman–Crippen LogP) is 4.42. The number of nitrogens with one attached hydrogen (secondary N) is 1. The highest BCUT2D eigenvalue weighted by molar-refractivity contribution is 14.1. The van der Waals surface area contributed by atoms with Crippen LogP contribution in [-0.2, 0) is 0 Å². The van der Waals surface area contributed by atoms with Gasteiger partial charge in [-0.15, -0.1) is 0 Å². The molecule has 0 aliphatic carbocycles. The van der Waals surface area contributed by atoms with E-state index in [-0.39, 0.29) is 17.0 Å². The van der Waals surface area contributed by atoms with Crippen LogP contribution in [-0.4, -0.2) is 10.5 Å². The molecule has 5 nitrogen and oxygen atoms in total. The van der Waals surface area contributed by atoms with Crippen LogP contribution in [0.15, 0.2) is 47.1 Å². The standard InChI is InChI=1S/C18H14IN3O2/c1-11-9-13(19)5-6-15(11)21-17(23)16-12(2)24-18(14(16)10-20)22-7-3-4-8-22/h3-9H,1-2H3,(H,21,23). The van der Waals surface area contributed by atoms with Gasteiger partial charge in [0.05, 0.1) is 0 Å². The number of nitriles is 1. The monoisotopic (exact) mass is 431 g/mol. The van der Waals surface area contributed by atoms with E-state index < -0.39 is 0 Å². The number of rotatable bonds is 3. The van der Waals surface area contributed by atoms with Crippen molar-refractivity contribution in [3.63, 3.8) is 0 Å². The molecule has 0 atom stereocenters. The van der Waals surface area contributed by atoms with Gasteiger partial charge < -0.3 is 9.73 Å². The van der Waals surface area contributed by atoms with E-state index in [4.69, 9.17) is 4.42 Å². The van der Waals surface area contributed by atoms with Crippen LogP contribution in [0, 0.1) is 28.7 Å². The fourth-order valence-electron chi connectivity index (χ4n) is 2.51. The summed E-state index contributed by atoms with van der Waals surface area (Å²) in [6.45, 7) is 3.61. The van der Waals surface area contributed by atoms with Crippen molar-refractivity contribution in [2.75, 3.05) is 5.32 Å². The second kappa shape index (κ2) is 6.53. The van der Waals surface area contributed by atoms with Gasteiger partial charge in [0.2, 0.25) is 5.88 Å². The molecule has 3 rings (SSSR count). The second-order valence-electron chi connectivity index (χ2n) is 5.33. The zero-order chi connectivity index (χ0) is 17.3. The number of carbonyl (C=O) groups is 1.